The molecule has 0 spiro atoms. The Morgan fingerprint density at radius 1 is 1.24 bits per heavy atom. The average molecular weight is 322 g/mol. The largest absolute Gasteiger partial charge is 0.493 e. The van der Waals surface area contributed by atoms with Crippen molar-refractivity contribution < 1.29 is 9.47 Å². The minimum atomic E-state index is 0.00383. The van der Waals surface area contributed by atoms with Gasteiger partial charge in [0.2, 0.25) is 0 Å². The molecule has 0 radical (unpaired) electrons. The molecule has 17 heavy (non-hydrogen) atoms. The van der Waals surface area contributed by atoms with E-state index < -0.39 is 0 Å². The van der Waals surface area contributed by atoms with E-state index in [0.717, 1.165) is 29.3 Å². The Morgan fingerprint density at radius 2 is 1.82 bits per heavy atom. The Balaban J connectivity index is 2.99. The van der Waals surface area contributed by atoms with Gasteiger partial charge in [0.05, 0.1) is 19.6 Å². The van der Waals surface area contributed by atoms with Crippen molar-refractivity contribution in [1.29, 1.82) is 0 Å². The first-order valence-corrected chi connectivity index (χ1v) is 6.92. The average Bonchev–Trinajstić information content (AvgIpc) is 2.35. The minimum absolute atomic E-state index is 0.00383. The molecular formula is C13H18BrClO2. The van der Waals surface area contributed by atoms with Gasteiger partial charge in [-0.25, -0.2) is 0 Å². The molecule has 1 aromatic rings. The van der Waals surface area contributed by atoms with Crippen molar-refractivity contribution in [3.8, 4) is 11.5 Å². The fraction of sp³-hybridized carbons (Fsp3) is 0.538. The highest BCUT2D eigenvalue weighted by Crippen LogP contribution is 2.39. The zero-order chi connectivity index (χ0) is 12.8. The maximum Gasteiger partial charge on any atom is 0.161 e. The number of hydrogen-bond acceptors (Lipinski definition) is 2. The summed E-state index contributed by atoms with van der Waals surface area (Å²) in [6.07, 6.45) is 3.23. The van der Waals surface area contributed by atoms with E-state index in [0.29, 0.717) is 11.5 Å². The molecule has 0 saturated carbocycles. The number of rotatable bonds is 6. The summed E-state index contributed by atoms with van der Waals surface area (Å²) >= 11 is 9.91. The number of methoxy groups -OCH3 is 2. The van der Waals surface area contributed by atoms with Gasteiger partial charge in [-0.15, -0.1) is 11.6 Å². The van der Waals surface area contributed by atoms with E-state index in [2.05, 4.69) is 22.9 Å². The second-order valence-electron chi connectivity index (χ2n) is 3.84. The summed E-state index contributed by atoms with van der Waals surface area (Å²) in [6, 6.07) is 3.84. The molecule has 0 bridgehead atoms. The van der Waals surface area contributed by atoms with E-state index >= 15 is 0 Å². The molecule has 1 aromatic carbocycles. The number of hydrogen-bond donors (Lipinski definition) is 0. The molecule has 1 unspecified atom stereocenters. The van der Waals surface area contributed by atoms with Gasteiger partial charge < -0.3 is 9.47 Å². The fourth-order valence-corrected chi connectivity index (χ4v) is 2.71. The summed E-state index contributed by atoms with van der Waals surface area (Å²) in [5.41, 5.74) is 1.05. The SMILES string of the molecule is CCCCC(Cl)c1cc(OC)c(OC)cc1Br. The van der Waals surface area contributed by atoms with E-state index in [1.807, 2.05) is 12.1 Å². The standard InChI is InChI=1S/C13H18BrClO2/c1-4-5-6-11(15)9-7-12(16-2)13(17-3)8-10(9)14/h7-8,11H,4-6H2,1-3H3. The summed E-state index contributed by atoms with van der Waals surface area (Å²) < 4.78 is 11.5. The van der Waals surface area contributed by atoms with Crippen LogP contribution in [0.4, 0.5) is 0 Å². The highest BCUT2D eigenvalue weighted by molar-refractivity contribution is 9.10. The van der Waals surface area contributed by atoms with Crippen LogP contribution in [0.15, 0.2) is 16.6 Å². The van der Waals surface area contributed by atoms with Gasteiger partial charge in [-0.05, 0) is 24.1 Å². The molecule has 0 heterocycles. The number of ether oxygens (including phenoxy) is 2. The number of unbranched alkanes of at least 4 members (excludes halogenated alkanes) is 1. The van der Waals surface area contributed by atoms with Crippen molar-refractivity contribution >= 4 is 27.5 Å². The predicted octanol–water partition coefficient (Wildman–Crippen LogP) is 4.94. The van der Waals surface area contributed by atoms with Gasteiger partial charge in [0, 0.05) is 4.47 Å². The summed E-state index contributed by atoms with van der Waals surface area (Å²) in [7, 11) is 3.25. The number of halogens is 2. The Bertz CT molecular complexity index is 369. The molecule has 1 atom stereocenters. The second kappa shape index (κ2) is 7.12. The van der Waals surface area contributed by atoms with Crippen LogP contribution in [-0.4, -0.2) is 14.2 Å². The van der Waals surface area contributed by atoms with Crippen LogP contribution < -0.4 is 9.47 Å². The quantitative estimate of drug-likeness (QED) is 0.691. The molecule has 0 fully saturated rings. The molecule has 4 heteroatoms. The lowest BCUT2D eigenvalue weighted by Gasteiger charge is -2.15. The van der Waals surface area contributed by atoms with Crippen LogP contribution >= 0.6 is 27.5 Å². The van der Waals surface area contributed by atoms with Crippen LogP contribution in [-0.2, 0) is 0 Å². The van der Waals surface area contributed by atoms with E-state index in [1.165, 1.54) is 0 Å². The monoisotopic (exact) mass is 320 g/mol. The smallest absolute Gasteiger partial charge is 0.161 e. The molecule has 0 aromatic heterocycles. The van der Waals surface area contributed by atoms with E-state index in [4.69, 9.17) is 21.1 Å². The molecule has 0 aliphatic heterocycles. The Morgan fingerprint density at radius 3 is 2.35 bits per heavy atom. The second-order valence-corrected chi connectivity index (χ2v) is 5.22. The van der Waals surface area contributed by atoms with Crippen molar-refractivity contribution in [3.63, 3.8) is 0 Å². The van der Waals surface area contributed by atoms with Crippen molar-refractivity contribution in [2.24, 2.45) is 0 Å². The molecule has 0 saturated heterocycles. The maximum absolute atomic E-state index is 6.39. The van der Waals surface area contributed by atoms with Crippen LogP contribution in [0.25, 0.3) is 0 Å². The molecule has 2 nitrogen and oxygen atoms in total. The zero-order valence-corrected chi connectivity index (χ0v) is 12.8. The van der Waals surface area contributed by atoms with Crippen LogP contribution in [0.5, 0.6) is 11.5 Å². The van der Waals surface area contributed by atoms with Crippen molar-refractivity contribution in [2.75, 3.05) is 14.2 Å². The van der Waals surface area contributed by atoms with Crippen LogP contribution in [0, 0.1) is 0 Å². The lowest BCUT2D eigenvalue weighted by molar-refractivity contribution is 0.354. The molecule has 96 valence electrons. The number of alkyl halides is 1. The van der Waals surface area contributed by atoms with Crippen molar-refractivity contribution in [1.82, 2.24) is 0 Å². The third kappa shape index (κ3) is 3.78. The first-order valence-electron chi connectivity index (χ1n) is 5.69. The molecule has 0 N–H and O–H groups in total. The summed E-state index contributed by atoms with van der Waals surface area (Å²) in [4.78, 5) is 0. The topological polar surface area (TPSA) is 18.5 Å². The molecule has 1 rings (SSSR count). The Hall–Kier alpha value is -0.410. The summed E-state index contributed by atoms with van der Waals surface area (Å²) in [5, 5.41) is 0.00383. The van der Waals surface area contributed by atoms with E-state index in [9.17, 15) is 0 Å². The van der Waals surface area contributed by atoms with Crippen molar-refractivity contribution in [3.05, 3.63) is 22.2 Å². The van der Waals surface area contributed by atoms with Gasteiger partial charge in [-0.3, -0.25) is 0 Å². The van der Waals surface area contributed by atoms with Gasteiger partial charge in [-0.2, -0.15) is 0 Å². The number of benzene rings is 1. The predicted molar refractivity (Wildman–Crippen MR) is 75.4 cm³/mol. The lowest BCUT2D eigenvalue weighted by Crippen LogP contribution is -1.97. The van der Waals surface area contributed by atoms with Crippen LogP contribution in [0.2, 0.25) is 0 Å². The third-order valence-corrected chi connectivity index (χ3v) is 3.79. The lowest BCUT2D eigenvalue weighted by atomic mass is 10.1. The van der Waals surface area contributed by atoms with Gasteiger partial charge in [-0.1, -0.05) is 35.7 Å². The molecule has 0 amide bonds. The van der Waals surface area contributed by atoms with Crippen LogP contribution in [0.1, 0.15) is 37.1 Å². The fourth-order valence-electron chi connectivity index (χ4n) is 1.65. The Labute approximate surface area is 116 Å². The molecule has 0 aliphatic carbocycles. The van der Waals surface area contributed by atoms with E-state index in [-0.39, 0.29) is 5.38 Å². The zero-order valence-electron chi connectivity index (χ0n) is 10.4. The first kappa shape index (κ1) is 14.7. The van der Waals surface area contributed by atoms with Gasteiger partial charge in [0.15, 0.2) is 11.5 Å². The molecule has 0 aliphatic rings. The summed E-state index contributed by atoms with van der Waals surface area (Å²) in [5.74, 6) is 1.43. The normalized spacial score (nSPS) is 12.3. The molecular weight excluding hydrogens is 303 g/mol. The summed E-state index contributed by atoms with van der Waals surface area (Å²) in [6.45, 7) is 2.16. The van der Waals surface area contributed by atoms with E-state index in [1.54, 1.807) is 14.2 Å². The van der Waals surface area contributed by atoms with Gasteiger partial charge in [0.25, 0.3) is 0 Å². The van der Waals surface area contributed by atoms with Gasteiger partial charge >= 0.3 is 0 Å². The maximum atomic E-state index is 6.39. The minimum Gasteiger partial charge on any atom is -0.493 e. The first-order chi connectivity index (χ1) is 8.13. The van der Waals surface area contributed by atoms with Crippen molar-refractivity contribution in [2.45, 2.75) is 31.6 Å². The third-order valence-electron chi connectivity index (χ3n) is 2.65. The van der Waals surface area contributed by atoms with Crippen LogP contribution in [0.3, 0.4) is 0 Å². The Kier molecular flexibility index (Phi) is 6.14. The highest BCUT2D eigenvalue weighted by atomic mass is 79.9. The highest BCUT2D eigenvalue weighted by Gasteiger charge is 2.15. The van der Waals surface area contributed by atoms with Gasteiger partial charge in [0.1, 0.15) is 0 Å².